The Morgan fingerprint density at radius 2 is 2.20 bits per heavy atom. The Morgan fingerprint density at radius 3 is 2.80 bits per heavy atom. The van der Waals surface area contributed by atoms with Crippen LogP contribution in [0.25, 0.3) is 0 Å². The zero-order valence-corrected chi connectivity index (χ0v) is 11.4. The lowest BCUT2D eigenvalue weighted by molar-refractivity contribution is 0.581. The number of hydrogen-bond donors (Lipinski definition) is 1. The Morgan fingerprint density at radius 1 is 1.47 bits per heavy atom. The first-order valence-corrected chi connectivity index (χ1v) is 7.78. The fourth-order valence-electron chi connectivity index (χ4n) is 1.72. The van der Waals surface area contributed by atoms with Gasteiger partial charge < -0.3 is 5.73 Å². The molecule has 1 rings (SSSR count). The van der Waals surface area contributed by atoms with E-state index in [4.69, 9.17) is 5.73 Å². The maximum absolute atomic E-state index is 6.23. The smallest absolute Gasteiger partial charge is 0.0292 e. The molecule has 0 aromatic rings. The molecule has 1 heterocycles. The summed E-state index contributed by atoms with van der Waals surface area (Å²) in [7, 11) is 0. The van der Waals surface area contributed by atoms with Gasteiger partial charge in [-0.05, 0) is 19.3 Å². The zero-order chi connectivity index (χ0) is 11.3. The molecule has 1 saturated heterocycles. The van der Waals surface area contributed by atoms with Crippen molar-refractivity contribution in [3.63, 3.8) is 0 Å². The molecule has 15 heavy (non-hydrogen) atoms. The second kappa shape index (κ2) is 6.87. The molecule has 0 radical (unpaired) electrons. The molecule has 0 amide bonds. The van der Waals surface area contributed by atoms with Crippen molar-refractivity contribution in [3.05, 3.63) is 12.7 Å². The highest BCUT2D eigenvalue weighted by atomic mass is 32.2. The Hall–Kier alpha value is 0.400. The largest absolute Gasteiger partial charge is 0.327 e. The van der Waals surface area contributed by atoms with Crippen molar-refractivity contribution in [2.24, 2.45) is 5.73 Å². The molecule has 0 bridgehead atoms. The van der Waals surface area contributed by atoms with Crippen molar-refractivity contribution >= 4 is 23.5 Å². The van der Waals surface area contributed by atoms with E-state index in [1.807, 2.05) is 6.08 Å². The zero-order valence-electron chi connectivity index (χ0n) is 9.82. The van der Waals surface area contributed by atoms with E-state index in [-0.39, 0.29) is 0 Å². The third kappa shape index (κ3) is 4.41. The summed E-state index contributed by atoms with van der Waals surface area (Å²) in [6, 6.07) is 0.373. The van der Waals surface area contributed by atoms with Gasteiger partial charge in [0.15, 0.2) is 0 Å². The van der Waals surface area contributed by atoms with Crippen LogP contribution >= 0.6 is 23.5 Å². The molecule has 0 aromatic carbocycles. The predicted molar refractivity (Wildman–Crippen MR) is 74.8 cm³/mol. The van der Waals surface area contributed by atoms with E-state index in [9.17, 15) is 0 Å². The summed E-state index contributed by atoms with van der Waals surface area (Å²) in [6.07, 6.45) is 5.42. The number of allylic oxidation sites excluding steroid dienone is 1. The molecule has 0 saturated carbocycles. The van der Waals surface area contributed by atoms with Crippen LogP contribution in [-0.2, 0) is 0 Å². The third-order valence-electron chi connectivity index (χ3n) is 3.00. The molecule has 1 fully saturated rings. The van der Waals surface area contributed by atoms with Gasteiger partial charge in [-0.25, -0.2) is 0 Å². The van der Waals surface area contributed by atoms with Crippen LogP contribution in [0.5, 0.6) is 0 Å². The monoisotopic (exact) mass is 245 g/mol. The number of rotatable bonds is 5. The van der Waals surface area contributed by atoms with Crippen LogP contribution in [0.4, 0.5) is 0 Å². The van der Waals surface area contributed by atoms with Gasteiger partial charge in [-0.15, -0.1) is 6.58 Å². The molecule has 0 aromatic heterocycles. The molecular weight excluding hydrogens is 222 g/mol. The molecule has 3 heteroatoms. The molecule has 4 unspecified atom stereocenters. The molecule has 0 aliphatic carbocycles. The summed E-state index contributed by atoms with van der Waals surface area (Å²) >= 11 is 4.17. The quantitative estimate of drug-likeness (QED) is 0.594. The molecular formula is C12H23NS2. The van der Waals surface area contributed by atoms with Crippen LogP contribution in [0, 0.1) is 0 Å². The Bertz CT molecular complexity index is 196. The van der Waals surface area contributed by atoms with Gasteiger partial charge in [0.05, 0.1) is 0 Å². The second-order valence-electron chi connectivity index (χ2n) is 4.30. The van der Waals surface area contributed by atoms with E-state index in [1.165, 1.54) is 12.2 Å². The van der Waals surface area contributed by atoms with Crippen LogP contribution in [0.3, 0.4) is 0 Å². The number of nitrogens with two attached hydrogens (primary N) is 1. The van der Waals surface area contributed by atoms with Crippen LogP contribution in [-0.4, -0.2) is 27.5 Å². The van der Waals surface area contributed by atoms with Gasteiger partial charge in [-0.2, -0.15) is 23.5 Å². The first-order valence-electron chi connectivity index (χ1n) is 5.78. The lowest BCUT2D eigenvalue weighted by Gasteiger charge is -2.34. The highest BCUT2D eigenvalue weighted by Gasteiger charge is 2.28. The lowest BCUT2D eigenvalue weighted by Crippen LogP contribution is -2.39. The van der Waals surface area contributed by atoms with E-state index in [2.05, 4.69) is 44.0 Å². The Kier molecular flexibility index (Phi) is 6.17. The lowest BCUT2D eigenvalue weighted by atomic mass is 10.1. The van der Waals surface area contributed by atoms with Crippen LogP contribution < -0.4 is 5.73 Å². The van der Waals surface area contributed by atoms with Crippen molar-refractivity contribution in [1.29, 1.82) is 0 Å². The minimum Gasteiger partial charge on any atom is -0.327 e. The van der Waals surface area contributed by atoms with Crippen LogP contribution in [0.2, 0.25) is 0 Å². The maximum Gasteiger partial charge on any atom is 0.0292 e. The summed E-state index contributed by atoms with van der Waals surface area (Å²) in [5, 5.41) is 2.19. The van der Waals surface area contributed by atoms with E-state index < -0.39 is 0 Å². The first-order chi connectivity index (χ1) is 7.15. The first kappa shape index (κ1) is 13.5. The van der Waals surface area contributed by atoms with Crippen molar-refractivity contribution in [2.75, 3.05) is 5.75 Å². The summed E-state index contributed by atoms with van der Waals surface area (Å²) in [4.78, 5) is 0. The van der Waals surface area contributed by atoms with Crippen LogP contribution in [0.15, 0.2) is 12.7 Å². The van der Waals surface area contributed by atoms with Gasteiger partial charge in [0, 0.05) is 27.5 Å². The topological polar surface area (TPSA) is 26.0 Å². The SMILES string of the molecule is C=CCCCC(N)C1CSC(C)C(C)S1. The van der Waals surface area contributed by atoms with Crippen molar-refractivity contribution < 1.29 is 0 Å². The van der Waals surface area contributed by atoms with Gasteiger partial charge in [0.1, 0.15) is 0 Å². The van der Waals surface area contributed by atoms with Gasteiger partial charge in [0.25, 0.3) is 0 Å². The number of hydrogen-bond acceptors (Lipinski definition) is 3. The average molecular weight is 245 g/mol. The van der Waals surface area contributed by atoms with E-state index in [0.29, 0.717) is 11.3 Å². The second-order valence-corrected chi connectivity index (χ2v) is 7.33. The van der Waals surface area contributed by atoms with Gasteiger partial charge >= 0.3 is 0 Å². The Labute approximate surface area is 103 Å². The minimum absolute atomic E-state index is 0.373. The molecule has 2 N–H and O–H groups in total. The summed E-state index contributed by atoms with van der Waals surface area (Å²) in [5.74, 6) is 1.23. The summed E-state index contributed by atoms with van der Waals surface area (Å²) in [5.41, 5.74) is 6.23. The highest BCUT2D eigenvalue weighted by molar-refractivity contribution is 8.07. The fourth-order valence-corrected chi connectivity index (χ4v) is 4.82. The predicted octanol–water partition coefficient (Wildman–Crippen LogP) is 3.30. The van der Waals surface area contributed by atoms with Crippen molar-refractivity contribution in [2.45, 2.75) is 54.9 Å². The fraction of sp³-hybridized carbons (Fsp3) is 0.833. The van der Waals surface area contributed by atoms with Gasteiger partial charge in [0.2, 0.25) is 0 Å². The van der Waals surface area contributed by atoms with E-state index in [0.717, 1.165) is 23.3 Å². The molecule has 1 aliphatic heterocycles. The molecule has 1 nitrogen and oxygen atoms in total. The van der Waals surface area contributed by atoms with Crippen molar-refractivity contribution in [1.82, 2.24) is 0 Å². The summed E-state index contributed by atoms with van der Waals surface area (Å²) < 4.78 is 0. The number of thioether (sulfide) groups is 2. The maximum atomic E-state index is 6.23. The standard InChI is InChI=1S/C12H23NS2/c1-4-5-6-7-11(13)12-8-14-9(2)10(3)15-12/h4,9-12H,1,5-8,13H2,2-3H3. The minimum atomic E-state index is 0.373. The normalized spacial score (nSPS) is 33.7. The van der Waals surface area contributed by atoms with E-state index in [1.54, 1.807) is 0 Å². The van der Waals surface area contributed by atoms with E-state index >= 15 is 0 Å². The summed E-state index contributed by atoms with van der Waals surface area (Å²) in [6.45, 7) is 8.39. The average Bonchev–Trinajstić information content (AvgIpc) is 2.22. The van der Waals surface area contributed by atoms with Crippen molar-refractivity contribution in [3.8, 4) is 0 Å². The number of unbranched alkanes of at least 4 members (excludes halogenated alkanes) is 1. The highest BCUT2D eigenvalue weighted by Crippen LogP contribution is 2.37. The van der Waals surface area contributed by atoms with Gasteiger partial charge in [-0.1, -0.05) is 19.9 Å². The Balaban J connectivity index is 2.27. The molecule has 0 spiro atoms. The molecule has 88 valence electrons. The third-order valence-corrected chi connectivity index (χ3v) is 6.57. The molecule has 4 atom stereocenters. The van der Waals surface area contributed by atoms with Gasteiger partial charge in [-0.3, -0.25) is 0 Å². The van der Waals surface area contributed by atoms with Crippen LogP contribution in [0.1, 0.15) is 33.1 Å². The molecule has 1 aliphatic rings.